The van der Waals surface area contributed by atoms with Crippen molar-refractivity contribution in [1.82, 2.24) is 4.57 Å². The minimum atomic E-state index is -4.44. The van der Waals surface area contributed by atoms with Crippen LogP contribution >= 0.6 is 28.3 Å². The molecule has 0 unspecified atom stereocenters. The monoisotopic (exact) mass is 462 g/mol. The second kappa shape index (κ2) is 8.81. The van der Waals surface area contributed by atoms with E-state index in [1.165, 1.54) is 35.6 Å². The van der Waals surface area contributed by atoms with Crippen LogP contribution in [-0.2, 0) is 12.7 Å². The summed E-state index contributed by atoms with van der Waals surface area (Å²) in [5.41, 5.74) is 0.818. The van der Waals surface area contributed by atoms with Crippen molar-refractivity contribution >= 4 is 34.0 Å². The summed E-state index contributed by atoms with van der Waals surface area (Å²) in [6.07, 6.45) is -4.44. The number of benzene rings is 2. The first-order chi connectivity index (χ1) is 12.4. The summed E-state index contributed by atoms with van der Waals surface area (Å²) in [4.78, 5) is 4.74. The largest absolute Gasteiger partial charge is 0.416 e. The van der Waals surface area contributed by atoms with Gasteiger partial charge < -0.3 is 9.67 Å². The predicted molar refractivity (Wildman–Crippen MR) is 102 cm³/mol. The van der Waals surface area contributed by atoms with Gasteiger partial charge in [0.25, 0.3) is 0 Å². The maximum Gasteiger partial charge on any atom is 0.416 e. The highest BCUT2D eigenvalue weighted by molar-refractivity contribution is 8.93. The van der Waals surface area contributed by atoms with Crippen LogP contribution in [0, 0.1) is 5.82 Å². The summed E-state index contributed by atoms with van der Waals surface area (Å²) < 4.78 is 53.4. The molecule has 0 bridgehead atoms. The Morgan fingerprint density at radius 1 is 1.07 bits per heavy atom. The van der Waals surface area contributed by atoms with Crippen molar-refractivity contribution in [1.29, 1.82) is 0 Å². The van der Waals surface area contributed by atoms with E-state index in [9.17, 15) is 22.7 Å². The molecule has 9 heteroatoms. The standard InChI is InChI=1S/C18H14F4N2OS.BrH/c19-14-6-4-12(5-7-14)16-11-26-17(24(16)8-9-25)23-15-3-1-2-13(10-15)18(20,21)22;/h1-7,10-11,25H,8-9H2;1H. The van der Waals surface area contributed by atoms with Crippen molar-refractivity contribution in [3.8, 4) is 11.3 Å². The van der Waals surface area contributed by atoms with Crippen LogP contribution < -0.4 is 4.80 Å². The quantitative estimate of drug-likeness (QED) is 0.533. The fourth-order valence-electron chi connectivity index (χ4n) is 2.45. The molecule has 1 N–H and O–H groups in total. The van der Waals surface area contributed by atoms with Crippen molar-refractivity contribution in [3.05, 3.63) is 70.1 Å². The number of nitrogens with zero attached hydrogens (tertiary/aromatic N) is 2. The Morgan fingerprint density at radius 2 is 1.78 bits per heavy atom. The lowest BCUT2D eigenvalue weighted by Crippen LogP contribution is -2.18. The van der Waals surface area contributed by atoms with Crippen LogP contribution in [0.4, 0.5) is 23.2 Å². The lowest BCUT2D eigenvalue weighted by Gasteiger charge is -2.08. The van der Waals surface area contributed by atoms with Gasteiger partial charge in [0.2, 0.25) is 0 Å². The van der Waals surface area contributed by atoms with Gasteiger partial charge in [-0.25, -0.2) is 9.38 Å². The second-order valence-corrected chi connectivity index (χ2v) is 6.28. The molecule has 0 saturated heterocycles. The third-order valence-electron chi connectivity index (χ3n) is 3.66. The summed E-state index contributed by atoms with van der Waals surface area (Å²) in [6, 6.07) is 10.6. The van der Waals surface area contributed by atoms with Crippen LogP contribution in [0.1, 0.15) is 5.56 Å². The van der Waals surface area contributed by atoms with Crippen molar-refractivity contribution in [2.75, 3.05) is 6.61 Å². The number of halogens is 5. The number of aliphatic hydroxyl groups is 1. The Bertz CT molecular complexity index is 964. The number of hydrogen-bond acceptors (Lipinski definition) is 3. The molecule has 3 rings (SSSR count). The SMILES string of the molecule is Br.OCCn1c(-c2ccc(F)cc2)csc1=Nc1cccc(C(F)(F)F)c1. The number of rotatable bonds is 4. The fourth-order valence-corrected chi connectivity index (χ4v) is 3.40. The molecule has 0 amide bonds. The van der Waals surface area contributed by atoms with E-state index < -0.39 is 11.7 Å². The van der Waals surface area contributed by atoms with Crippen molar-refractivity contribution in [2.24, 2.45) is 4.99 Å². The zero-order valence-electron chi connectivity index (χ0n) is 13.8. The van der Waals surface area contributed by atoms with Gasteiger partial charge >= 0.3 is 6.18 Å². The van der Waals surface area contributed by atoms with E-state index in [-0.39, 0.29) is 41.6 Å². The molecule has 1 aromatic heterocycles. The van der Waals surface area contributed by atoms with Crippen LogP contribution in [0.5, 0.6) is 0 Å². The van der Waals surface area contributed by atoms with Crippen LogP contribution in [0.3, 0.4) is 0 Å². The van der Waals surface area contributed by atoms with Gasteiger partial charge in [-0.1, -0.05) is 6.07 Å². The number of aromatic nitrogens is 1. The second-order valence-electron chi connectivity index (χ2n) is 5.45. The van der Waals surface area contributed by atoms with E-state index in [0.29, 0.717) is 10.5 Å². The van der Waals surface area contributed by atoms with E-state index in [2.05, 4.69) is 4.99 Å². The van der Waals surface area contributed by atoms with Gasteiger partial charge in [0, 0.05) is 11.9 Å². The lowest BCUT2D eigenvalue weighted by molar-refractivity contribution is -0.137. The van der Waals surface area contributed by atoms with Gasteiger partial charge in [0.05, 0.1) is 23.6 Å². The topological polar surface area (TPSA) is 37.5 Å². The zero-order valence-corrected chi connectivity index (χ0v) is 16.3. The van der Waals surface area contributed by atoms with Crippen molar-refractivity contribution in [2.45, 2.75) is 12.7 Å². The molecule has 0 saturated carbocycles. The number of alkyl halides is 3. The first-order valence-corrected chi connectivity index (χ1v) is 8.53. The molecular formula is C18H15BrF4N2OS. The number of aliphatic hydroxyl groups excluding tert-OH is 1. The Kier molecular flexibility index (Phi) is 6.96. The smallest absolute Gasteiger partial charge is 0.395 e. The molecule has 0 radical (unpaired) electrons. The van der Waals surface area contributed by atoms with Crippen LogP contribution in [-0.4, -0.2) is 16.3 Å². The molecule has 0 fully saturated rings. The number of hydrogen-bond donors (Lipinski definition) is 1. The Labute approximate surface area is 167 Å². The van der Waals surface area contributed by atoms with Gasteiger partial charge in [-0.3, -0.25) is 0 Å². The highest BCUT2D eigenvalue weighted by atomic mass is 79.9. The Morgan fingerprint density at radius 3 is 2.41 bits per heavy atom. The van der Waals surface area contributed by atoms with Gasteiger partial charge in [0.1, 0.15) is 5.82 Å². The number of thiazole rings is 1. The van der Waals surface area contributed by atoms with Gasteiger partial charge in [-0.05, 0) is 48.0 Å². The molecule has 144 valence electrons. The first-order valence-electron chi connectivity index (χ1n) is 7.65. The summed E-state index contributed by atoms with van der Waals surface area (Å²) in [6.45, 7) is 0.0503. The molecule has 1 heterocycles. The average Bonchev–Trinajstić information content (AvgIpc) is 2.98. The van der Waals surface area contributed by atoms with Gasteiger partial charge in [-0.2, -0.15) is 13.2 Å². The van der Waals surface area contributed by atoms with Gasteiger partial charge in [0.15, 0.2) is 4.80 Å². The minimum absolute atomic E-state index is 0. The zero-order chi connectivity index (χ0) is 18.7. The summed E-state index contributed by atoms with van der Waals surface area (Å²) >= 11 is 1.23. The maximum absolute atomic E-state index is 13.1. The van der Waals surface area contributed by atoms with E-state index >= 15 is 0 Å². The molecule has 2 aromatic carbocycles. The maximum atomic E-state index is 13.1. The molecule has 3 aromatic rings. The Balaban J connectivity index is 0.00000261. The predicted octanol–water partition coefficient (Wildman–Crippen LogP) is 5.18. The molecule has 0 spiro atoms. The van der Waals surface area contributed by atoms with Crippen LogP contribution in [0.2, 0.25) is 0 Å². The van der Waals surface area contributed by atoms with Gasteiger partial charge in [-0.15, -0.1) is 28.3 Å². The molecule has 27 heavy (non-hydrogen) atoms. The molecule has 3 nitrogen and oxygen atoms in total. The van der Waals surface area contributed by atoms with Crippen LogP contribution in [0.15, 0.2) is 58.9 Å². The van der Waals surface area contributed by atoms with E-state index in [0.717, 1.165) is 17.7 Å². The minimum Gasteiger partial charge on any atom is -0.395 e. The third-order valence-corrected chi connectivity index (χ3v) is 4.52. The van der Waals surface area contributed by atoms with E-state index in [4.69, 9.17) is 0 Å². The molecule has 0 aliphatic heterocycles. The summed E-state index contributed by atoms with van der Waals surface area (Å²) in [7, 11) is 0. The summed E-state index contributed by atoms with van der Waals surface area (Å²) in [5.74, 6) is -0.369. The highest BCUT2D eigenvalue weighted by Gasteiger charge is 2.30. The fraction of sp³-hybridized carbons (Fsp3) is 0.167. The lowest BCUT2D eigenvalue weighted by atomic mass is 10.2. The van der Waals surface area contributed by atoms with Crippen molar-refractivity contribution < 1.29 is 22.7 Å². The van der Waals surface area contributed by atoms with Crippen LogP contribution in [0.25, 0.3) is 11.3 Å². The molecule has 0 aliphatic carbocycles. The van der Waals surface area contributed by atoms with Crippen molar-refractivity contribution in [3.63, 3.8) is 0 Å². The molecule has 0 aliphatic rings. The first kappa shape index (κ1) is 21.3. The van der Waals surface area contributed by atoms with E-state index in [1.54, 1.807) is 22.1 Å². The third kappa shape index (κ3) is 5.06. The highest BCUT2D eigenvalue weighted by Crippen LogP contribution is 2.31. The normalized spacial score (nSPS) is 12.1. The summed E-state index contributed by atoms with van der Waals surface area (Å²) in [5, 5.41) is 11.1. The average molecular weight is 463 g/mol. The molecular weight excluding hydrogens is 448 g/mol. The molecule has 0 atom stereocenters. The van der Waals surface area contributed by atoms with E-state index in [1.807, 2.05) is 0 Å². The Hall–Kier alpha value is -1.97.